The Morgan fingerprint density at radius 1 is 1.21 bits per heavy atom. The number of nitrogens with zero attached hydrogens (tertiary/aromatic N) is 3. The maximum atomic E-state index is 10.5. The van der Waals surface area contributed by atoms with Gasteiger partial charge in [0.2, 0.25) is 0 Å². The normalized spacial score (nSPS) is 25.6. The Hall–Kier alpha value is -1.84. The number of nitrogens with one attached hydrogen (secondary N) is 1. The van der Waals surface area contributed by atoms with Crippen molar-refractivity contribution >= 4 is 40.2 Å². The smallest absolute Gasteiger partial charge is 0.177 e. The first kappa shape index (κ1) is 20.9. The van der Waals surface area contributed by atoms with Crippen LogP contribution in [0.15, 0.2) is 30.3 Å². The van der Waals surface area contributed by atoms with Crippen LogP contribution in [0, 0.1) is 22.2 Å². The van der Waals surface area contributed by atoms with Crippen molar-refractivity contribution in [3.05, 3.63) is 35.9 Å². The van der Waals surface area contributed by atoms with Gasteiger partial charge in [0, 0.05) is 19.1 Å². The van der Waals surface area contributed by atoms with Crippen LogP contribution in [-0.2, 0) is 0 Å². The van der Waals surface area contributed by atoms with E-state index in [2.05, 4.69) is 6.07 Å². The van der Waals surface area contributed by atoms with E-state index in [1.54, 1.807) is 0 Å². The molecule has 1 saturated carbocycles. The van der Waals surface area contributed by atoms with E-state index in [4.69, 9.17) is 29.8 Å². The molecular weight excluding hydrogens is 384 g/mol. The number of rotatable bonds is 5. The highest BCUT2D eigenvalue weighted by Crippen LogP contribution is 2.49. The van der Waals surface area contributed by atoms with Gasteiger partial charge in [0.15, 0.2) is 5.41 Å². The molecule has 4 nitrogen and oxygen atoms in total. The Kier molecular flexibility index (Phi) is 6.47. The van der Waals surface area contributed by atoms with Crippen LogP contribution in [0.4, 0.5) is 0 Å². The van der Waals surface area contributed by atoms with Gasteiger partial charge in [-0.15, -0.1) is 0 Å². The molecule has 1 aliphatic heterocycles. The molecule has 0 spiro atoms. The van der Waals surface area contributed by atoms with Gasteiger partial charge in [0.05, 0.1) is 17.0 Å². The maximum absolute atomic E-state index is 10.5. The molecule has 0 unspecified atom stereocenters. The van der Waals surface area contributed by atoms with Crippen molar-refractivity contribution in [1.82, 2.24) is 9.80 Å². The average Bonchev–Trinajstić information content (AvgIpc) is 2.97. The Morgan fingerprint density at radius 3 is 2.36 bits per heavy atom. The summed E-state index contributed by atoms with van der Waals surface area (Å²) in [5, 5.41) is 19.6. The summed E-state index contributed by atoms with van der Waals surface area (Å²) >= 11 is 11.8. The lowest BCUT2D eigenvalue weighted by molar-refractivity contribution is 0.322. The summed E-state index contributed by atoms with van der Waals surface area (Å²) in [4.78, 5) is 5.21. The summed E-state index contributed by atoms with van der Waals surface area (Å²) in [6.45, 7) is 5.50. The third-order valence-corrected chi connectivity index (χ3v) is 7.18. The van der Waals surface area contributed by atoms with Crippen LogP contribution in [0.25, 0.3) is 0 Å². The Bertz CT molecular complexity index is 791. The number of thiocarbonyl (C=S) groups is 2. The topological polar surface area (TPSA) is 54.1 Å². The maximum Gasteiger partial charge on any atom is 0.177 e. The van der Waals surface area contributed by atoms with E-state index in [1.807, 2.05) is 54.0 Å². The molecule has 1 aliphatic carbocycles. The van der Waals surface area contributed by atoms with E-state index < -0.39 is 11.3 Å². The van der Waals surface area contributed by atoms with E-state index >= 15 is 0 Å². The molecule has 6 heteroatoms. The highest BCUT2D eigenvalue weighted by Gasteiger charge is 2.60. The molecular formula is C22H28N4S2. The van der Waals surface area contributed by atoms with Crippen LogP contribution in [0.5, 0.6) is 0 Å². The van der Waals surface area contributed by atoms with Gasteiger partial charge in [-0.3, -0.25) is 5.41 Å². The first-order chi connectivity index (χ1) is 13.5. The zero-order valence-corrected chi connectivity index (χ0v) is 18.3. The summed E-state index contributed by atoms with van der Waals surface area (Å²) in [5.41, 5.74) is -0.261. The van der Waals surface area contributed by atoms with E-state index in [9.17, 15) is 5.26 Å². The van der Waals surface area contributed by atoms with Crippen molar-refractivity contribution in [2.45, 2.75) is 57.9 Å². The highest BCUT2D eigenvalue weighted by molar-refractivity contribution is 7.81. The Balaban J connectivity index is 2.15. The minimum Gasteiger partial charge on any atom is -0.365 e. The van der Waals surface area contributed by atoms with Gasteiger partial charge in [-0.25, -0.2) is 0 Å². The van der Waals surface area contributed by atoms with E-state index in [1.165, 1.54) is 6.42 Å². The molecule has 0 amide bonds. The number of amidine groups is 1. The minimum absolute atomic E-state index is 0.203. The first-order valence-corrected chi connectivity index (χ1v) is 11.0. The molecule has 1 aromatic rings. The van der Waals surface area contributed by atoms with Crippen molar-refractivity contribution in [2.75, 3.05) is 13.1 Å². The molecule has 2 atom stereocenters. The molecule has 2 fully saturated rings. The van der Waals surface area contributed by atoms with Crippen molar-refractivity contribution in [1.29, 1.82) is 10.7 Å². The minimum atomic E-state index is -1.22. The van der Waals surface area contributed by atoms with Crippen LogP contribution in [-0.4, -0.2) is 44.7 Å². The summed E-state index contributed by atoms with van der Waals surface area (Å²) in [6.07, 6.45) is 5.56. The molecule has 1 aromatic carbocycles. The molecule has 1 heterocycles. The summed E-state index contributed by atoms with van der Waals surface area (Å²) in [6, 6.07) is 12.6. The van der Waals surface area contributed by atoms with Gasteiger partial charge in [0.25, 0.3) is 0 Å². The highest BCUT2D eigenvalue weighted by atomic mass is 32.1. The standard InChI is InChI=1S/C22H28N4S2/c1-3-25(4-2)21(28)22(15-23)18(16-11-7-5-8-12-16)19(27)26(20(22)24)17-13-9-6-10-14-17/h5,7-8,11-12,17-18,24H,3-4,6,9-10,13-14H2,1-2H3/t18-,22+/m0/s1. The van der Waals surface area contributed by atoms with Gasteiger partial charge in [-0.1, -0.05) is 74.0 Å². The molecule has 3 rings (SSSR count). The molecule has 1 N–H and O–H groups in total. The number of hydrogen-bond acceptors (Lipinski definition) is 4. The second-order valence-electron chi connectivity index (χ2n) is 7.59. The van der Waals surface area contributed by atoms with Crippen LogP contribution < -0.4 is 0 Å². The lowest BCUT2D eigenvalue weighted by atomic mass is 9.74. The zero-order chi connectivity index (χ0) is 20.3. The molecule has 2 aliphatic rings. The van der Waals surface area contributed by atoms with Gasteiger partial charge >= 0.3 is 0 Å². The van der Waals surface area contributed by atoms with Crippen molar-refractivity contribution in [3.63, 3.8) is 0 Å². The number of likely N-dealkylation sites (tertiary alicyclic amines) is 1. The zero-order valence-electron chi connectivity index (χ0n) is 16.6. The second kappa shape index (κ2) is 8.67. The Labute approximate surface area is 179 Å². The van der Waals surface area contributed by atoms with Crippen LogP contribution >= 0.6 is 24.4 Å². The largest absolute Gasteiger partial charge is 0.365 e. The molecule has 148 valence electrons. The van der Waals surface area contributed by atoms with Crippen LogP contribution in [0.2, 0.25) is 0 Å². The molecule has 0 radical (unpaired) electrons. The van der Waals surface area contributed by atoms with Gasteiger partial charge < -0.3 is 9.80 Å². The van der Waals surface area contributed by atoms with Crippen molar-refractivity contribution < 1.29 is 0 Å². The van der Waals surface area contributed by atoms with Crippen molar-refractivity contribution in [3.8, 4) is 6.07 Å². The lowest BCUT2D eigenvalue weighted by Crippen LogP contribution is -2.50. The first-order valence-electron chi connectivity index (χ1n) is 10.2. The second-order valence-corrected chi connectivity index (χ2v) is 8.39. The molecule has 28 heavy (non-hydrogen) atoms. The molecule has 0 aromatic heterocycles. The predicted molar refractivity (Wildman–Crippen MR) is 122 cm³/mol. The fourth-order valence-electron chi connectivity index (χ4n) is 4.65. The Morgan fingerprint density at radius 2 is 1.82 bits per heavy atom. The van der Waals surface area contributed by atoms with E-state index in [0.717, 1.165) is 31.2 Å². The molecule has 0 bridgehead atoms. The van der Waals surface area contributed by atoms with E-state index in [-0.39, 0.29) is 11.9 Å². The number of nitriles is 1. The predicted octanol–water partition coefficient (Wildman–Crippen LogP) is 4.90. The SMILES string of the molecule is CCN(CC)C(=S)[C@@]1(C#N)C(=N)N(C2CCCCC2)C(=S)[C@@H]1c1ccccc1. The average molecular weight is 413 g/mol. The quantitative estimate of drug-likeness (QED) is 0.697. The summed E-state index contributed by atoms with van der Waals surface area (Å²) in [7, 11) is 0. The summed E-state index contributed by atoms with van der Waals surface area (Å²) < 4.78 is 0. The van der Waals surface area contributed by atoms with Crippen LogP contribution in [0.3, 0.4) is 0 Å². The lowest BCUT2D eigenvalue weighted by Gasteiger charge is -2.36. The fourth-order valence-corrected chi connectivity index (χ4v) is 5.72. The third kappa shape index (κ3) is 3.25. The monoisotopic (exact) mass is 412 g/mol. The molecule has 1 saturated heterocycles. The van der Waals surface area contributed by atoms with Crippen LogP contribution in [0.1, 0.15) is 57.4 Å². The van der Waals surface area contributed by atoms with E-state index in [0.29, 0.717) is 23.1 Å². The number of benzene rings is 1. The van der Waals surface area contributed by atoms with Gasteiger partial charge in [0.1, 0.15) is 10.8 Å². The van der Waals surface area contributed by atoms with Gasteiger partial charge in [-0.2, -0.15) is 5.26 Å². The van der Waals surface area contributed by atoms with Crippen molar-refractivity contribution in [2.24, 2.45) is 5.41 Å². The third-order valence-electron chi connectivity index (χ3n) is 6.17. The van der Waals surface area contributed by atoms with Gasteiger partial charge in [-0.05, 0) is 32.3 Å². The number of hydrogen-bond donors (Lipinski definition) is 1. The fraction of sp³-hybridized carbons (Fsp3) is 0.545. The summed E-state index contributed by atoms with van der Waals surface area (Å²) in [5.74, 6) is -0.117.